The Labute approximate surface area is 133 Å². The molecule has 1 nitrogen and oxygen atoms in total. The van der Waals surface area contributed by atoms with E-state index in [2.05, 4.69) is 105 Å². The van der Waals surface area contributed by atoms with Crippen molar-refractivity contribution in [2.75, 3.05) is 4.90 Å². The monoisotopic (exact) mass is 289 g/mol. The lowest BCUT2D eigenvalue weighted by molar-refractivity contribution is 0.509. The molecule has 0 saturated heterocycles. The van der Waals surface area contributed by atoms with Crippen molar-refractivity contribution in [2.45, 2.75) is 26.8 Å². The normalized spacial score (nSPS) is 18.2. The molecule has 2 aromatic carbocycles. The van der Waals surface area contributed by atoms with E-state index in [0.29, 0.717) is 0 Å². The third-order valence-corrected chi connectivity index (χ3v) is 4.11. The predicted octanol–water partition coefficient (Wildman–Crippen LogP) is 5.73. The van der Waals surface area contributed by atoms with Crippen molar-refractivity contribution in [2.24, 2.45) is 5.41 Å². The second-order valence-corrected chi connectivity index (χ2v) is 6.79. The molecule has 0 aromatic heterocycles. The number of anilines is 1. The minimum atomic E-state index is 0.159. The van der Waals surface area contributed by atoms with Crippen LogP contribution in [-0.4, -0.2) is 0 Å². The van der Waals surface area contributed by atoms with Gasteiger partial charge in [-0.3, -0.25) is 0 Å². The van der Waals surface area contributed by atoms with Crippen molar-refractivity contribution in [1.29, 1.82) is 0 Å². The third kappa shape index (κ3) is 2.99. The molecular formula is C21H23N. The highest BCUT2D eigenvalue weighted by Gasteiger charge is 2.25. The van der Waals surface area contributed by atoms with Gasteiger partial charge in [0.05, 0.1) is 6.04 Å². The van der Waals surface area contributed by atoms with Gasteiger partial charge in [0.1, 0.15) is 0 Å². The van der Waals surface area contributed by atoms with Gasteiger partial charge in [0.25, 0.3) is 0 Å². The van der Waals surface area contributed by atoms with E-state index < -0.39 is 0 Å². The van der Waals surface area contributed by atoms with Gasteiger partial charge in [0, 0.05) is 11.9 Å². The topological polar surface area (TPSA) is 3.24 Å². The number of benzene rings is 2. The van der Waals surface area contributed by atoms with Crippen molar-refractivity contribution < 1.29 is 0 Å². The van der Waals surface area contributed by atoms with Crippen LogP contribution in [0.3, 0.4) is 0 Å². The van der Waals surface area contributed by atoms with Crippen molar-refractivity contribution >= 4 is 5.69 Å². The van der Waals surface area contributed by atoms with E-state index in [4.69, 9.17) is 0 Å². The average Bonchev–Trinajstić information content (AvgIpc) is 2.55. The summed E-state index contributed by atoms with van der Waals surface area (Å²) in [6, 6.07) is 21.5. The van der Waals surface area contributed by atoms with Crippen LogP contribution in [0.15, 0.2) is 84.6 Å². The second kappa shape index (κ2) is 5.84. The number of nitrogens with zero attached hydrogens (tertiary/aromatic N) is 1. The molecule has 1 aliphatic heterocycles. The number of hydrogen-bond acceptors (Lipinski definition) is 1. The summed E-state index contributed by atoms with van der Waals surface area (Å²) in [5.41, 5.74) is 4.08. The quantitative estimate of drug-likeness (QED) is 0.682. The minimum absolute atomic E-state index is 0.159. The predicted molar refractivity (Wildman–Crippen MR) is 94.8 cm³/mol. The van der Waals surface area contributed by atoms with Gasteiger partial charge >= 0.3 is 0 Å². The van der Waals surface area contributed by atoms with Crippen LogP contribution in [0.5, 0.6) is 0 Å². The zero-order chi connectivity index (χ0) is 15.6. The zero-order valence-corrected chi connectivity index (χ0v) is 13.5. The summed E-state index contributed by atoms with van der Waals surface area (Å²) < 4.78 is 0. The van der Waals surface area contributed by atoms with E-state index >= 15 is 0 Å². The van der Waals surface area contributed by atoms with Gasteiger partial charge in [0.15, 0.2) is 0 Å². The van der Waals surface area contributed by atoms with Crippen LogP contribution in [0.4, 0.5) is 5.69 Å². The summed E-state index contributed by atoms with van der Waals surface area (Å²) in [4.78, 5) is 2.34. The maximum Gasteiger partial charge on any atom is 0.0775 e. The third-order valence-electron chi connectivity index (χ3n) is 4.11. The lowest BCUT2D eigenvalue weighted by Gasteiger charge is -2.35. The summed E-state index contributed by atoms with van der Waals surface area (Å²) in [5, 5.41) is 0. The van der Waals surface area contributed by atoms with E-state index in [1.54, 1.807) is 0 Å². The smallest absolute Gasteiger partial charge is 0.0775 e. The first-order chi connectivity index (χ1) is 10.6. The van der Waals surface area contributed by atoms with Gasteiger partial charge in [-0.15, -0.1) is 0 Å². The fraction of sp³-hybridized carbons (Fsp3) is 0.238. The van der Waals surface area contributed by atoms with Gasteiger partial charge < -0.3 is 4.90 Å². The summed E-state index contributed by atoms with van der Waals surface area (Å²) >= 11 is 0. The Morgan fingerprint density at radius 1 is 0.818 bits per heavy atom. The maximum atomic E-state index is 2.39. The Hall–Kier alpha value is -2.28. The van der Waals surface area contributed by atoms with E-state index in [0.717, 1.165) is 0 Å². The summed E-state index contributed by atoms with van der Waals surface area (Å²) in [6.07, 6.45) is 6.85. The molecule has 0 radical (unpaired) electrons. The van der Waals surface area contributed by atoms with Crippen molar-refractivity contribution in [1.82, 2.24) is 0 Å². The van der Waals surface area contributed by atoms with E-state index in [1.165, 1.54) is 16.8 Å². The molecule has 0 saturated carbocycles. The molecule has 0 N–H and O–H groups in total. The molecule has 1 heterocycles. The fourth-order valence-electron chi connectivity index (χ4n) is 2.81. The van der Waals surface area contributed by atoms with Crippen LogP contribution in [0.25, 0.3) is 0 Å². The Morgan fingerprint density at radius 2 is 1.41 bits per heavy atom. The molecule has 0 spiro atoms. The van der Waals surface area contributed by atoms with Gasteiger partial charge in [-0.2, -0.15) is 0 Å². The van der Waals surface area contributed by atoms with E-state index in [1.807, 2.05) is 0 Å². The molecule has 1 atom stereocenters. The molecule has 3 rings (SSSR count). The molecule has 0 bridgehead atoms. The zero-order valence-electron chi connectivity index (χ0n) is 13.5. The summed E-state index contributed by atoms with van der Waals surface area (Å²) in [7, 11) is 0. The lowest BCUT2D eigenvalue weighted by atomic mass is 9.83. The molecular weight excluding hydrogens is 266 g/mol. The van der Waals surface area contributed by atoms with Gasteiger partial charge in [-0.1, -0.05) is 75.4 Å². The van der Waals surface area contributed by atoms with Crippen LogP contribution >= 0.6 is 0 Å². The fourth-order valence-corrected chi connectivity index (χ4v) is 2.81. The molecule has 0 amide bonds. The molecule has 1 unspecified atom stereocenters. The molecule has 0 fully saturated rings. The first-order valence-corrected chi connectivity index (χ1v) is 7.84. The number of hydrogen-bond donors (Lipinski definition) is 0. The van der Waals surface area contributed by atoms with E-state index in [-0.39, 0.29) is 11.5 Å². The standard InChI is InChI=1S/C21H23N/c1-21(2,3)18-14-15-22(19-12-8-5-9-13-19)20(16-18)17-10-6-4-7-11-17/h4-16,20H,1-3H3. The first kappa shape index (κ1) is 14.6. The second-order valence-electron chi connectivity index (χ2n) is 6.79. The highest BCUT2D eigenvalue weighted by molar-refractivity contribution is 5.56. The largest absolute Gasteiger partial charge is 0.337 e. The molecule has 1 aliphatic rings. The molecule has 2 aromatic rings. The number of allylic oxidation sites excluding steroid dienone is 2. The highest BCUT2D eigenvalue weighted by atomic mass is 15.1. The summed E-state index contributed by atoms with van der Waals surface area (Å²) in [6.45, 7) is 6.80. The SMILES string of the molecule is CC(C)(C)C1=CC(c2ccccc2)N(c2ccccc2)C=C1. The number of para-hydroxylation sites is 1. The molecule has 1 heteroatoms. The van der Waals surface area contributed by atoms with Crippen LogP contribution < -0.4 is 4.90 Å². The minimum Gasteiger partial charge on any atom is -0.337 e. The van der Waals surface area contributed by atoms with Gasteiger partial charge in [0.2, 0.25) is 0 Å². The van der Waals surface area contributed by atoms with Crippen molar-refractivity contribution in [3.63, 3.8) is 0 Å². The Kier molecular flexibility index (Phi) is 3.89. The highest BCUT2D eigenvalue weighted by Crippen LogP contribution is 2.37. The molecule has 22 heavy (non-hydrogen) atoms. The van der Waals surface area contributed by atoms with Crippen molar-refractivity contribution in [3.05, 3.63) is 90.2 Å². The van der Waals surface area contributed by atoms with Gasteiger partial charge in [-0.05, 0) is 34.8 Å². The van der Waals surface area contributed by atoms with Crippen LogP contribution in [0, 0.1) is 5.41 Å². The molecule has 112 valence electrons. The van der Waals surface area contributed by atoms with Crippen molar-refractivity contribution in [3.8, 4) is 0 Å². The van der Waals surface area contributed by atoms with E-state index in [9.17, 15) is 0 Å². The maximum absolute atomic E-state index is 2.39. The van der Waals surface area contributed by atoms with Crippen LogP contribution in [-0.2, 0) is 0 Å². The Balaban J connectivity index is 2.05. The van der Waals surface area contributed by atoms with Crippen LogP contribution in [0.1, 0.15) is 32.4 Å². The average molecular weight is 289 g/mol. The van der Waals surface area contributed by atoms with Gasteiger partial charge in [-0.25, -0.2) is 0 Å². The molecule has 0 aliphatic carbocycles. The Bertz CT molecular complexity index is 675. The number of rotatable bonds is 2. The van der Waals surface area contributed by atoms with Crippen LogP contribution in [0.2, 0.25) is 0 Å². The summed E-state index contributed by atoms with van der Waals surface area (Å²) in [5.74, 6) is 0. The lowest BCUT2D eigenvalue weighted by Crippen LogP contribution is -2.26. The first-order valence-electron chi connectivity index (χ1n) is 7.84. The Morgan fingerprint density at radius 3 is 2.00 bits per heavy atom.